The van der Waals surface area contributed by atoms with Crippen molar-refractivity contribution in [3.05, 3.63) is 65.6 Å². The molecule has 4 aromatic rings. The van der Waals surface area contributed by atoms with Gasteiger partial charge in [-0.3, -0.25) is 9.59 Å². The van der Waals surface area contributed by atoms with Gasteiger partial charge < -0.3 is 29.6 Å². The molecule has 12 nitrogen and oxygen atoms in total. The van der Waals surface area contributed by atoms with Crippen LogP contribution in [0.1, 0.15) is 55.4 Å². The van der Waals surface area contributed by atoms with Crippen LogP contribution in [-0.4, -0.2) is 51.4 Å². The van der Waals surface area contributed by atoms with Crippen LogP contribution in [0.3, 0.4) is 0 Å². The van der Waals surface area contributed by atoms with Crippen LogP contribution in [0.4, 0.5) is 4.39 Å². The molecule has 0 fully saturated rings. The third-order valence-electron chi connectivity index (χ3n) is 5.76. The zero-order chi connectivity index (χ0) is 28.6. The number of hydrogen-bond acceptors (Lipinski definition) is 11. The van der Waals surface area contributed by atoms with E-state index in [9.17, 15) is 14.0 Å². The number of nitrogens with two attached hydrogens (primary N) is 1. The van der Waals surface area contributed by atoms with E-state index in [0.29, 0.717) is 35.9 Å². The summed E-state index contributed by atoms with van der Waals surface area (Å²) in [5, 5.41) is 10.5. The van der Waals surface area contributed by atoms with Crippen LogP contribution >= 0.6 is 0 Å². The summed E-state index contributed by atoms with van der Waals surface area (Å²) in [6, 6.07) is 10.6. The number of carbonyl (C=O) groups excluding carboxylic acids is 2. The van der Waals surface area contributed by atoms with E-state index in [-0.39, 0.29) is 30.4 Å². The van der Waals surface area contributed by atoms with Gasteiger partial charge in [-0.15, -0.1) is 0 Å². The highest BCUT2D eigenvalue weighted by Crippen LogP contribution is 2.28. The van der Waals surface area contributed by atoms with E-state index < -0.39 is 29.8 Å². The second-order valence-corrected chi connectivity index (χ2v) is 8.82. The lowest BCUT2D eigenvalue weighted by Gasteiger charge is -2.14. The molecule has 40 heavy (non-hydrogen) atoms. The quantitative estimate of drug-likeness (QED) is 0.246. The van der Waals surface area contributed by atoms with E-state index in [2.05, 4.69) is 25.6 Å². The summed E-state index contributed by atoms with van der Waals surface area (Å²) in [5.41, 5.74) is 6.10. The number of nitrogens with zero attached hydrogens (tertiary/aromatic N) is 4. The summed E-state index contributed by atoms with van der Waals surface area (Å²) >= 11 is 0. The van der Waals surface area contributed by atoms with Gasteiger partial charge in [-0.2, -0.15) is 9.97 Å². The molecule has 0 aliphatic heterocycles. The highest BCUT2D eigenvalue weighted by atomic mass is 19.1. The highest BCUT2D eigenvalue weighted by molar-refractivity contribution is 5.95. The molecular weight excluding hydrogens is 523 g/mol. The molecule has 1 amide bonds. The van der Waals surface area contributed by atoms with Crippen LogP contribution in [0, 0.1) is 5.82 Å². The monoisotopic (exact) mass is 552 g/mol. The Hall–Kier alpha value is -4.65. The number of esters is 1. The van der Waals surface area contributed by atoms with Gasteiger partial charge in [0.15, 0.2) is 6.10 Å². The number of rotatable bonds is 12. The maximum Gasteiger partial charge on any atom is 0.319 e. The molecule has 0 saturated heterocycles. The number of hydrogen-bond donors (Lipinski definition) is 2. The third-order valence-corrected chi connectivity index (χ3v) is 5.76. The minimum Gasteiger partial charge on any atom is -0.481 e. The second kappa shape index (κ2) is 12.9. The van der Waals surface area contributed by atoms with Crippen molar-refractivity contribution >= 4 is 11.9 Å². The van der Waals surface area contributed by atoms with Gasteiger partial charge in [0.25, 0.3) is 11.8 Å². The second-order valence-electron chi connectivity index (χ2n) is 8.82. The van der Waals surface area contributed by atoms with E-state index in [1.807, 2.05) is 26.0 Å². The van der Waals surface area contributed by atoms with Gasteiger partial charge in [0.2, 0.25) is 17.5 Å². The van der Waals surface area contributed by atoms with Crippen LogP contribution in [0.5, 0.6) is 5.75 Å². The summed E-state index contributed by atoms with van der Waals surface area (Å²) < 4.78 is 36.3. The summed E-state index contributed by atoms with van der Waals surface area (Å²) in [4.78, 5) is 32.3. The Kier molecular flexibility index (Phi) is 9.17. The standard InChI is InChI=1S/C27H29FN6O6/c1-4-21(38-18-9-6-16(7-10-18)24-31-22(5-2)39-33-24)27-32-25(34-40-27)17-8-11-19(20(28)12-17)26(36)30-15(3)14-37-23(35)13-29/h6-12,15,21H,4-5,13-14,29H2,1-3H3,(H,30,36)/t15-,21?/m1/s1. The molecule has 0 radical (unpaired) electrons. The Labute approximate surface area is 229 Å². The Morgan fingerprint density at radius 1 is 1.02 bits per heavy atom. The number of aromatic nitrogens is 4. The van der Waals surface area contributed by atoms with Crippen molar-refractivity contribution in [1.82, 2.24) is 25.6 Å². The molecule has 4 rings (SSSR count). The van der Waals surface area contributed by atoms with Crippen LogP contribution in [0.2, 0.25) is 0 Å². The summed E-state index contributed by atoms with van der Waals surface area (Å²) in [5.74, 6) is -0.0503. The Morgan fingerprint density at radius 2 is 1.73 bits per heavy atom. The maximum atomic E-state index is 14.8. The van der Waals surface area contributed by atoms with Gasteiger partial charge in [0, 0.05) is 17.5 Å². The molecule has 13 heteroatoms. The van der Waals surface area contributed by atoms with Gasteiger partial charge >= 0.3 is 5.97 Å². The number of nitrogens with one attached hydrogen (secondary N) is 1. The molecule has 1 unspecified atom stereocenters. The molecule has 0 bridgehead atoms. The predicted molar refractivity (Wildman–Crippen MR) is 139 cm³/mol. The molecule has 3 N–H and O–H groups in total. The van der Waals surface area contributed by atoms with E-state index in [1.54, 1.807) is 19.1 Å². The average Bonchev–Trinajstić information content (AvgIpc) is 3.65. The number of benzene rings is 2. The van der Waals surface area contributed by atoms with Crippen LogP contribution < -0.4 is 15.8 Å². The minimum absolute atomic E-state index is 0.0868. The summed E-state index contributed by atoms with van der Waals surface area (Å²) in [6.45, 7) is 5.10. The Balaban J connectivity index is 1.40. The van der Waals surface area contributed by atoms with Gasteiger partial charge in [-0.25, -0.2) is 4.39 Å². The third kappa shape index (κ3) is 6.86. The zero-order valence-corrected chi connectivity index (χ0v) is 22.2. The van der Waals surface area contributed by atoms with E-state index >= 15 is 0 Å². The molecule has 0 spiro atoms. The molecular formula is C27H29FN6O6. The predicted octanol–water partition coefficient (Wildman–Crippen LogP) is 3.64. The van der Waals surface area contributed by atoms with Crippen molar-refractivity contribution in [1.29, 1.82) is 0 Å². The lowest BCUT2D eigenvalue weighted by molar-refractivity contribution is -0.142. The van der Waals surface area contributed by atoms with E-state index in [4.69, 9.17) is 24.3 Å². The first-order chi connectivity index (χ1) is 19.3. The number of halogens is 1. The first-order valence-corrected chi connectivity index (χ1v) is 12.7. The summed E-state index contributed by atoms with van der Waals surface area (Å²) in [6.07, 6.45) is 0.633. The van der Waals surface area contributed by atoms with Crippen LogP contribution in [0.15, 0.2) is 51.5 Å². The van der Waals surface area contributed by atoms with Gasteiger partial charge in [-0.1, -0.05) is 30.2 Å². The van der Waals surface area contributed by atoms with Gasteiger partial charge in [0.1, 0.15) is 18.2 Å². The lowest BCUT2D eigenvalue weighted by atomic mass is 10.1. The number of amides is 1. The van der Waals surface area contributed by atoms with Crippen molar-refractivity contribution < 1.29 is 32.5 Å². The number of aryl methyl sites for hydroxylation is 1. The highest BCUT2D eigenvalue weighted by Gasteiger charge is 2.22. The number of carbonyl (C=O) groups is 2. The fourth-order valence-corrected chi connectivity index (χ4v) is 3.61. The molecule has 2 aromatic carbocycles. The zero-order valence-electron chi connectivity index (χ0n) is 22.2. The Bertz CT molecular complexity index is 1450. The van der Waals surface area contributed by atoms with E-state index in [0.717, 1.165) is 11.6 Å². The van der Waals surface area contributed by atoms with Crippen molar-refractivity contribution in [2.75, 3.05) is 13.2 Å². The van der Waals surface area contributed by atoms with Gasteiger partial charge in [0.05, 0.1) is 18.2 Å². The van der Waals surface area contributed by atoms with E-state index in [1.165, 1.54) is 12.1 Å². The van der Waals surface area contributed by atoms with Gasteiger partial charge in [-0.05, 0) is 49.7 Å². The molecule has 2 aromatic heterocycles. The van der Waals surface area contributed by atoms with Crippen molar-refractivity contribution in [3.63, 3.8) is 0 Å². The topological polar surface area (TPSA) is 168 Å². The molecule has 210 valence electrons. The summed E-state index contributed by atoms with van der Waals surface area (Å²) in [7, 11) is 0. The first kappa shape index (κ1) is 28.4. The van der Waals surface area contributed by atoms with Crippen molar-refractivity contribution in [2.45, 2.75) is 45.8 Å². The first-order valence-electron chi connectivity index (χ1n) is 12.7. The largest absolute Gasteiger partial charge is 0.481 e. The lowest BCUT2D eigenvalue weighted by Crippen LogP contribution is -2.37. The number of ether oxygens (including phenoxy) is 2. The van der Waals surface area contributed by atoms with Crippen molar-refractivity contribution in [3.8, 4) is 28.5 Å². The average molecular weight is 553 g/mol. The molecule has 2 heterocycles. The molecule has 0 saturated carbocycles. The normalized spacial score (nSPS) is 12.5. The SMILES string of the molecule is CCc1nc(-c2ccc(OC(CC)c3nc(-c4ccc(C(=O)N[C@H](C)COC(=O)CN)c(F)c4)no3)cc2)no1. The molecule has 0 aliphatic rings. The Morgan fingerprint density at radius 3 is 2.38 bits per heavy atom. The van der Waals surface area contributed by atoms with Crippen LogP contribution in [-0.2, 0) is 16.0 Å². The minimum atomic E-state index is -0.774. The fraction of sp³-hybridized carbons (Fsp3) is 0.333. The molecule has 0 aliphatic carbocycles. The molecule has 2 atom stereocenters. The fourth-order valence-electron chi connectivity index (χ4n) is 3.61. The smallest absolute Gasteiger partial charge is 0.319 e. The maximum absolute atomic E-state index is 14.8. The van der Waals surface area contributed by atoms with Crippen LogP contribution in [0.25, 0.3) is 22.8 Å². The van der Waals surface area contributed by atoms with Crippen molar-refractivity contribution in [2.24, 2.45) is 5.73 Å².